The fraction of sp³-hybridized carbons (Fsp3) is 0. The monoisotopic (exact) mass is 477 g/mol. The van der Waals surface area contributed by atoms with Crippen molar-refractivity contribution in [1.29, 1.82) is 0 Å². The highest BCUT2D eigenvalue weighted by Crippen LogP contribution is 2.39. The van der Waals surface area contributed by atoms with E-state index >= 15 is 0 Å². The molecule has 3 nitrogen and oxygen atoms in total. The number of rotatable bonds is 2. The number of thiophene rings is 1. The van der Waals surface area contributed by atoms with Crippen LogP contribution in [0.5, 0.6) is 0 Å². The molecule has 36 heavy (non-hydrogen) atoms. The second-order valence-corrected chi connectivity index (χ2v) is 11.2. The van der Waals surface area contributed by atoms with Crippen LogP contribution in [0, 0.1) is 0 Å². The first-order valence-corrected chi connectivity index (χ1v) is 13.3. The number of fused-ring (bicyclic) bond motifs is 6. The Morgan fingerprint density at radius 3 is 1.89 bits per heavy atom. The van der Waals surface area contributed by atoms with Gasteiger partial charge in [0.1, 0.15) is 54.9 Å². The molecule has 0 fully saturated rings. The van der Waals surface area contributed by atoms with Crippen LogP contribution in [0.2, 0.25) is 0 Å². The molecule has 2 heterocycles. The smallest absolute Gasteiger partial charge is 0.423 e. The Labute approximate surface area is 221 Å². The van der Waals surface area contributed by atoms with E-state index < -0.39 is 7.12 Å². The summed E-state index contributed by atoms with van der Waals surface area (Å²) < 4.78 is 5.02. The molecular weight excluding hydrogens is 453 g/mol. The van der Waals surface area contributed by atoms with Crippen LogP contribution < -0.4 is 43.7 Å². The van der Waals surface area contributed by atoms with Crippen LogP contribution in [0.3, 0.4) is 0 Å². The first kappa shape index (κ1) is 23.7. The van der Waals surface area contributed by atoms with E-state index in [1.807, 2.05) is 27.0 Å². The van der Waals surface area contributed by atoms with Gasteiger partial charge in [0, 0.05) is 26.5 Å². The fourth-order valence-electron chi connectivity index (χ4n) is 6.27. The van der Waals surface area contributed by atoms with Gasteiger partial charge in [-0.05, 0) is 28.4 Å². The van der Waals surface area contributed by atoms with E-state index in [4.69, 9.17) is 0 Å². The maximum Gasteiger partial charge on any atom is 0.487 e. The maximum absolute atomic E-state index is 10.4. The van der Waals surface area contributed by atoms with Crippen LogP contribution >= 0.6 is 11.3 Å². The summed E-state index contributed by atoms with van der Waals surface area (Å²) >= 11 is 1.84. The summed E-state index contributed by atoms with van der Waals surface area (Å²) in [6.07, 6.45) is 0. The summed E-state index contributed by atoms with van der Waals surface area (Å²) in [6.45, 7) is 0. The summed E-state index contributed by atoms with van der Waals surface area (Å²) in [6, 6.07) is 15.3. The van der Waals surface area contributed by atoms with E-state index in [0.717, 1.165) is 27.3 Å². The molecule has 0 atom stereocenters. The van der Waals surface area contributed by atoms with Gasteiger partial charge in [0.2, 0.25) is 0 Å². The quantitative estimate of drug-likeness (QED) is 0.244. The van der Waals surface area contributed by atoms with E-state index in [1.165, 1.54) is 58.6 Å². The molecule has 0 unspecified atom stereocenters. The summed E-state index contributed by atoms with van der Waals surface area (Å²) in [4.78, 5) is 0. The molecular formula is C24H23B8NO2S. The van der Waals surface area contributed by atoms with Gasteiger partial charge in [-0.15, -0.1) is 16.8 Å². The molecule has 0 radical (unpaired) electrons. The van der Waals surface area contributed by atoms with Crippen LogP contribution in [0.15, 0.2) is 42.5 Å². The fourth-order valence-corrected chi connectivity index (χ4v) is 7.48. The predicted molar refractivity (Wildman–Crippen MR) is 181 cm³/mol. The third kappa shape index (κ3) is 2.98. The average molecular weight is 476 g/mol. The minimum atomic E-state index is -1.51. The minimum absolute atomic E-state index is 0.620. The third-order valence-electron chi connectivity index (χ3n) is 8.57. The number of aromatic nitrogens is 1. The molecule has 6 aromatic rings. The van der Waals surface area contributed by atoms with E-state index in [1.54, 1.807) is 0 Å². The molecule has 0 bridgehead atoms. The average Bonchev–Trinajstić information content (AvgIpc) is 3.41. The Bertz CT molecular complexity index is 1910. The van der Waals surface area contributed by atoms with Gasteiger partial charge in [-0.1, -0.05) is 63.1 Å². The second-order valence-electron chi connectivity index (χ2n) is 10.2. The SMILES string of the molecule is Bc1c(B)c(B)c2c(c1B)c1c(B)c(B(O)O)c(B)c(B)c1n2-c1cccc2c1sc1ccccc12. The lowest BCUT2D eigenvalue weighted by Crippen LogP contribution is -2.56. The van der Waals surface area contributed by atoms with Crippen molar-refractivity contribution in [3.8, 4) is 5.69 Å². The Kier molecular flexibility index (Phi) is 5.39. The molecule has 6 rings (SSSR count). The number of hydrogen-bond acceptors (Lipinski definition) is 3. The Balaban J connectivity index is 1.95. The number of nitrogens with zero attached hydrogens (tertiary/aromatic N) is 1. The minimum Gasteiger partial charge on any atom is -0.423 e. The Morgan fingerprint density at radius 1 is 0.611 bits per heavy atom. The van der Waals surface area contributed by atoms with Crippen molar-refractivity contribution in [1.82, 2.24) is 4.57 Å². The standard InChI is InChI=1S/C24H23B8NO2S/c25-14-12-13-15(26)21(32(34)35)18(29)20(31)23(13)33(22(12)19(30)17(28)16(14)27)10-6-3-5-9-8-4-1-2-7-11(8)36-24(9)10/h1-7,34-35H,25-31H2. The van der Waals surface area contributed by atoms with Gasteiger partial charge in [-0.2, -0.15) is 0 Å². The normalized spacial score (nSPS) is 11.8. The number of hydrogen-bond donors (Lipinski definition) is 2. The van der Waals surface area contributed by atoms with E-state index in [-0.39, 0.29) is 0 Å². The molecule has 0 saturated carbocycles. The van der Waals surface area contributed by atoms with Gasteiger partial charge in [-0.25, -0.2) is 0 Å². The zero-order chi connectivity index (χ0) is 25.6. The van der Waals surface area contributed by atoms with E-state index in [0.29, 0.717) is 5.46 Å². The van der Waals surface area contributed by atoms with Gasteiger partial charge in [0.15, 0.2) is 0 Å². The highest BCUT2D eigenvalue weighted by Gasteiger charge is 2.27. The predicted octanol–water partition coefficient (Wildman–Crippen LogP) is -7.36. The largest absolute Gasteiger partial charge is 0.487 e. The molecule has 0 saturated heterocycles. The van der Waals surface area contributed by atoms with Gasteiger partial charge < -0.3 is 14.6 Å². The van der Waals surface area contributed by atoms with Crippen molar-refractivity contribution in [2.75, 3.05) is 0 Å². The van der Waals surface area contributed by atoms with Gasteiger partial charge in [-0.3, -0.25) is 0 Å². The molecule has 0 aliphatic heterocycles. The molecule has 0 spiro atoms. The van der Waals surface area contributed by atoms with E-state index in [2.05, 4.69) is 86.3 Å². The lowest BCUT2D eigenvalue weighted by atomic mass is 9.59. The second kappa shape index (κ2) is 8.17. The molecule has 0 aliphatic carbocycles. The summed E-state index contributed by atoms with van der Waals surface area (Å²) in [5, 5.41) is 25.6. The molecule has 2 N–H and O–H groups in total. The van der Waals surface area contributed by atoms with Crippen molar-refractivity contribution in [3.63, 3.8) is 0 Å². The third-order valence-corrected chi connectivity index (χ3v) is 9.78. The topological polar surface area (TPSA) is 45.4 Å². The molecule has 0 aliphatic rings. The van der Waals surface area contributed by atoms with Crippen molar-refractivity contribution in [2.45, 2.75) is 0 Å². The van der Waals surface area contributed by atoms with Crippen LogP contribution in [-0.4, -0.2) is 76.7 Å². The van der Waals surface area contributed by atoms with Crippen molar-refractivity contribution in [3.05, 3.63) is 42.5 Å². The first-order valence-electron chi connectivity index (χ1n) is 12.5. The highest BCUT2D eigenvalue weighted by atomic mass is 32.1. The molecule has 0 amide bonds. The number of benzene rings is 4. The molecule has 2 aromatic heterocycles. The molecule has 12 heteroatoms. The lowest BCUT2D eigenvalue weighted by Gasteiger charge is -2.18. The van der Waals surface area contributed by atoms with E-state index in [9.17, 15) is 10.0 Å². The molecule has 166 valence electrons. The van der Waals surface area contributed by atoms with Crippen molar-refractivity contribution in [2.24, 2.45) is 0 Å². The first-order chi connectivity index (χ1) is 17.1. The van der Waals surface area contributed by atoms with Crippen molar-refractivity contribution < 1.29 is 10.0 Å². The summed E-state index contributed by atoms with van der Waals surface area (Å²) in [5.74, 6) is 0. The van der Waals surface area contributed by atoms with Crippen LogP contribution in [0.25, 0.3) is 47.7 Å². The van der Waals surface area contributed by atoms with Crippen LogP contribution in [0.1, 0.15) is 0 Å². The van der Waals surface area contributed by atoms with Crippen molar-refractivity contribution >= 4 is 159 Å². The van der Waals surface area contributed by atoms with Gasteiger partial charge >= 0.3 is 7.12 Å². The highest BCUT2D eigenvalue weighted by molar-refractivity contribution is 7.26. The Hall–Kier alpha value is -2.66. The Morgan fingerprint density at radius 2 is 1.19 bits per heavy atom. The zero-order valence-corrected chi connectivity index (χ0v) is 22.7. The molecule has 4 aromatic carbocycles. The summed E-state index contributed by atoms with van der Waals surface area (Å²) in [7, 11) is 13.5. The van der Waals surface area contributed by atoms with Gasteiger partial charge in [0.25, 0.3) is 0 Å². The summed E-state index contributed by atoms with van der Waals surface area (Å²) in [5.41, 5.74) is 12.3. The maximum atomic E-state index is 10.4. The zero-order valence-electron chi connectivity index (χ0n) is 21.9. The lowest BCUT2D eigenvalue weighted by molar-refractivity contribution is 0.426. The van der Waals surface area contributed by atoms with Crippen LogP contribution in [0.4, 0.5) is 0 Å². The van der Waals surface area contributed by atoms with Gasteiger partial charge in [0.05, 0.1) is 10.4 Å². The van der Waals surface area contributed by atoms with Crippen LogP contribution in [-0.2, 0) is 0 Å².